The van der Waals surface area contributed by atoms with Gasteiger partial charge in [0, 0.05) is 47.9 Å². The van der Waals surface area contributed by atoms with E-state index in [4.69, 9.17) is 17.3 Å². The van der Waals surface area contributed by atoms with Crippen molar-refractivity contribution in [2.45, 2.75) is 19.5 Å². The summed E-state index contributed by atoms with van der Waals surface area (Å²) < 4.78 is 14.0. The lowest BCUT2D eigenvalue weighted by atomic mass is 10.0. The van der Waals surface area contributed by atoms with Gasteiger partial charge in [0.1, 0.15) is 11.6 Å². The Morgan fingerprint density at radius 2 is 2.00 bits per heavy atom. The number of H-pyrrole nitrogens is 1. The predicted octanol–water partition coefficient (Wildman–Crippen LogP) is 3.37. The number of aromatic amines is 1. The van der Waals surface area contributed by atoms with Crippen molar-refractivity contribution in [3.63, 3.8) is 0 Å². The summed E-state index contributed by atoms with van der Waals surface area (Å²) in [4.78, 5) is 22.1. The molecule has 2 heterocycles. The van der Waals surface area contributed by atoms with Gasteiger partial charge in [0.2, 0.25) is 0 Å². The molecular weight excluding hydrogens is 367 g/mol. The van der Waals surface area contributed by atoms with Gasteiger partial charge < -0.3 is 10.7 Å². The molecule has 0 spiro atoms. The Balaban J connectivity index is 1.60. The normalized spacial score (nSPS) is 14.1. The van der Waals surface area contributed by atoms with Crippen LogP contribution < -0.4 is 11.3 Å². The van der Waals surface area contributed by atoms with E-state index in [2.05, 4.69) is 9.97 Å². The molecule has 5 nitrogen and oxygen atoms in total. The third-order valence-corrected chi connectivity index (χ3v) is 5.13. The fourth-order valence-corrected chi connectivity index (χ4v) is 3.52. The average Bonchev–Trinajstić information content (AvgIpc) is 2.66. The fraction of sp³-hybridized carbons (Fsp3) is 0.200. The highest BCUT2D eigenvalue weighted by Gasteiger charge is 2.23. The second-order valence-corrected chi connectivity index (χ2v) is 7.03. The van der Waals surface area contributed by atoms with Crippen LogP contribution in [0.2, 0.25) is 5.02 Å². The second kappa shape index (κ2) is 7.13. The number of halogens is 2. The predicted molar refractivity (Wildman–Crippen MR) is 104 cm³/mol. The summed E-state index contributed by atoms with van der Waals surface area (Å²) in [6.45, 7) is 1.43. The van der Waals surface area contributed by atoms with Crippen molar-refractivity contribution in [1.82, 2.24) is 14.9 Å². The van der Waals surface area contributed by atoms with Gasteiger partial charge in [-0.15, -0.1) is 0 Å². The van der Waals surface area contributed by atoms with Gasteiger partial charge in [-0.2, -0.15) is 0 Å². The lowest BCUT2D eigenvalue weighted by Crippen LogP contribution is -2.35. The lowest BCUT2D eigenvalue weighted by molar-refractivity contribution is 0.238. The van der Waals surface area contributed by atoms with E-state index < -0.39 is 0 Å². The molecule has 27 heavy (non-hydrogen) atoms. The molecule has 7 heteroatoms. The Labute approximate surface area is 160 Å². The van der Waals surface area contributed by atoms with Crippen molar-refractivity contribution >= 4 is 17.3 Å². The number of aromatic nitrogens is 2. The van der Waals surface area contributed by atoms with Gasteiger partial charge in [0.15, 0.2) is 0 Å². The molecule has 2 aromatic carbocycles. The van der Waals surface area contributed by atoms with Crippen molar-refractivity contribution in [3.05, 3.63) is 80.5 Å². The van der Waals surface area contributed by atoms with E-state index in [1.165, 1.54) is 6.07 Å². The van der Waals surface area contributed by atoms with Crippen LogP contribution in [-0.4, -0.2) is 21.4 Å². The van der Waals surface area contributed by atoms with E-state index >= 15 is 0 Å². The number of rotatable bonds is 3. The zero-order valence-electron chi connectivity index (χ0n) is 14.5. The number of fused-ring (bicyclic) bond motifs is 1. The summed E-state index contributed by atoms with van der Waals surface area (Å²) in [5, 5.41) is 0.395. The van der Waals surface area contributed by atoms with E-state index in [-0.39, 0.29) is 11.4 Å². The first-order valence-electron chi connectivity index (χ1n) is 8.64. The third-order valence-electron chi connectivity index (χ3n) is 4.78. The molecule has 1 aliphatic rings. The highest BCUT2D eigenvalue weighted by Crippen LogP contribution is 2.24. The van der Waals surface area contributed by atoms with Gasteiger partial charge in [0.25, 0.3) is 5.56 Å². The summed E-state index contributed by atoms with van der Waals surface area (Å²) in [7, 11) is 0. The summed E-state index contributed by atoms with van der Waals surface area (Å²) in [5.74, 6) is 0.198. The lowest BCUT2D eigenvalue weighted by Gasteiger charge is -2.28. The zero-order valence-corrected chi connectivity index (χ0v) is 15.3. The van der Waals surface area contributed by atoms with E-state index in [9.17, 15) is 9.18 Å². The highest BCUT2D eigenvalue weighted by molar-refractivity contribution is 6.31. The summed E-state index contributed by atoms with van der Waals surface area (Å²) in [6, 6.07) is 11.9. The molecular formula is C20H18ClFN4O. The number of nitrogens with zero attached hydrogens (tertiary/aromatic N) is 2. The average molecular weight is 385 g/mol. The van der Waals surface area contributed by atoms with Crippen LogP contribution in [0, 0.1) is 5.82 Å². The molecule has 0 radical (unpaired) electrons. The first-order valence-corrected chi connectivity index (χ1v) is 9.02. The maximum absolute atomic E-state index is 14.0. The number of benzene rings is 2. The van der Waals surface area contributed by atoms with Gasteiger partial charge >= 0.3 is 0 Å². The minimum absolute atomic E-state index is 0.170. The van der Waals surface area contributed by atoms with Crippen LogP contribution in [-0.2, 0) is 19.5 Å². The first-order chi connectivity index (χ1) is 13.0. The van der Waals surface area contributed by atoms with Crippen LogP contribution >= 0.6 is 11.6 Å². The van der Waals surface area contributed by atoms with Crippen LogP contribution in [0.15, 0.2) is 47.3 Å². The molecule has 1 aliphatic heterocycles. The summed E-state index contributed by atoms with van der Waals surface area (Å²) in [6.07, 6.45) is 0.618. The van der Waals surface area contributed by atoms with Crippen molar-refractivity contribution in [1.29, 1.82) is 0 Å². The molecule has 0 aliphatic carbocycles. The second-order valence-electron chi connectivity index (χ2n) is 6.62. The topological polar surface area (TPSA) is 75.0 Å². The molecule has 3 aromatic rings. The highest BCUT2D eigenvalue weighted by atomic mass is 35.5. The fourth-order valence-electron chi connectivity index (χ4n) is 3.30. The zero-order chi connectivity index (χ0) is 19.0. The number of nitrogens with one attached hydrogen (secondary N) is 1. The maximum Gasteiger partial charge on any atom is 0.255 e. The van der Waals surface area contributed by atoms with Crippen molar-refractivity contribution in [2.24, 2.45) is 0 Å². The number of nitrogens with two attached hydrogens (primary N) is 1. The summed E-state index contributed by atoms with van der Waals surface area (Å²) >= 11 is 6.12. The molecule has 4 rings (SSSR count). The molecule has 0 fully saturated rings. The molecule has 3 N–H and O–H groups in total. The molecule has 0 saturated carbocycles. The SMILES string of the molecule is Nc1ccc(-c2nc3c(c(=O)[nH]2)CN(Cc2c(F)cccc2Cl)CC3)cc1. The van der Waals surface area contributed by atoms with E-state index in [1.54, 1.807) is 24.3 Å². The van der Waals surface area contributed by atoms with Gasteiger partial charge in [-0.05, 0) is 36.4 Å². The van der Waals surface area contributed by atoms with Crippen LogP contribution in [0.3, 0.4) is 0 Å². The van der Waals surface area contributed by atoms with Crippen molar-refractivity contribution in [2.75, 3.05) is 12.3 Å². The minimum atomic E-state index is -0.334. The van der Waals surface area contributed by atoms with E-state index in [1.807, 2.05) is 17.0 Å². The Morgan fingerprint density at radius 3 is 2.74 bits per heavy atom. The first kappa shape index (κ1) is 17.7. The molecule has 0 bridgehead atoms. The van der Waals surface area contributed by atoms with E-state index in [0.29, 0.717) is 53.7 Å². The Bertz CT molecular complexity index is 1030. The van der Waals surface area contributed by atoms with E-state index in [0.717, 1.165) is 11.3 Å². The van der Waals surface area contributed by atoms with Crippen molar-refractivity contribution in [3.8, 4) is 11.4 Å². The quantitative estimate of drug-likeness (QED) is 0.679. The van der Waals surface area contributed by atoms with Crippen molar-refractivity contribution < 1.29 is 4.39 Å². The molecule has 0 saturated heterocycles. The molecule has 0 amide bonds. The molecule has 0 atom stereocenters. The smallest absolute Gasteiger partial charge is 0.255 e. The van der Waals surface area contributed by atoms with Gasteiger partial charge in [-0.25, -0.2) is 9.37 Å². The van der Waals surface area contributed by atoms with Crippen LogP contribution in [0.25, 0.3) is 11.4 Å². The Hall–Kier alpha value is -2.70. The standard InChI is InChI=1S/C20H18ClFN4O/c21-16-2-1-3-17(22)14(16)10-26-9-8-18-15(11-26)20(27)25-19(24-18)12-4-6-13(23)7-5-12/h1-7H,8-11,23H2,(H,24,25,27). The third kappa shape index (κ3) is 3.59. The number of hydrogen-bond acceptors (Lipinski definition) is 4. The Morgan fingerprint density at radius 1 is 1.22 bits per heavy atom. The monoisotopic (exact) mass is 384 g/mol. The van der Waals surface area contributed by atoms with Crippen LogP contribution in [0.1, 0.15) is 16.8 Å². The number of hydrogen-bond donors (Lipinski definition) is 2. The summed E-state index contributed by atoms with van der Waals surface area (Å²) in [5.41, 5.74) is 8.85. The minimum Gasteiger partial charge on any atom is -0.399 e. The molecule has 138 valence electrons. The largest absolute Gasteiger partial charge is 0.399 e. The van der Waals surface area contributed by atoms with Crippen LogP contribution in [0.5, 0.6) is 0 Å². The van der Waals surface area contributed by atoms with Gasteiger partial charge in [0.05, 0.1) is 11.3 Å². The maximum atomic E-state index is 14.0. The van der Waals surface area contributed by atoms with Gasteiger partial charge in [-0.3, -0.25) is 9.69 Å². The Kier molecular flexibility index (Phi) is 4.68. The number of anilines is 1. The van der Waals surface area contributed by atoms with Crippen LogP contribution in [0.4, 0.5) is 10.1 Å². The van der Waals surface area contributed by atoms with Gasteiger partial charge in [-0.1, -0.05) is 17.7 Å². The molecule has 0 unspecified atom stereocenters. The number of nitrogen functional groups attached to an aromatic ring is 1. The molecule has 1 aromatic heterocycles.